The first-order chi connectivity index (χ1) is 12.1. The number of nitrogens with zero attached hydrogens (tertiary/aromatic N) is 2. The Balaban J connectivity index is 1.99. The highest BCUT2D eigenvalue weighted by Crippen LogP contribution is 2.14. The van der Waals surface area contributed by atoms with Gasteiger partial charge in [0.25, 0.3) is 0 Å². The Morgan fingerprint density at radius 3 is 2.56 bits per heavy atom. The van der Waals surface area contributed by atoms with Gasteiger partial charge in [-0.25, -0.2) is 4.39 Å². The number of rotatable bonds is 5. The topological polar surface area (TPSA) is 60.2 Å². The van der Waals surface area contributed by atoms with Crippen molar-refractivity contribution in [3.05, 3.63) is 70.5 Å². The molecule has 0 aliphatic rings. The van der Waals surface area contributed by atoms with Crippen LogP contribution in [0.4, 0.5) is 4.39 Å². The number of benzene rings is 2. The molecule has 5 heteroatoms. The van der Waals surface area contributed by atoms with E-state index in [-0.39, 0.29) is 18.4 Å². The molecular weight excluding hydrogens is 315 g/mol. The van der Waals surface area contributed by atoms with E-state index in [4.69, 9.17) is 5.26 Å². The van der Waals surface area contributed by atoms with Crippen LogP contribution in [-0.4, -0.2) is 13.0 Å². The molecule has 2 aromatic carbocycles. The molecule has 0 aliphatic carbocycles. The van der Waals surface area contributed by atoms with E-state index in [0.29, 0.717) is 17.1 Å². The summed E-state index contributed by atoms with van der Waals surface area (Å²) in [5, 5.41) is 15.3. The molecule has 1 unspecified atom stereocenters. The number of hydrogen-bond donors (Lipinski definition) is 2. The van der Waals surface area contributed by atoms with Gasteiger partial charge in [0.15, 0.2) is 5.96 Å². The molecule has 0 radical (unpaired) electrons. The Labute approximate surface area is 148 Å². The van der Waals surface area contributed by atoms with Crippen LogP contribution in [0.25, 0.3) is 0 Å². The van der Waals surface area contributed by atoms with E-state index >= 15 is 0 Å². The van der Waals surface area contributed by atoms with Crippen LogP contribution in [0, 0.1) is 17.1 Å². The molecule has 1 atom stereocenters. The van der Waals surface area contributed by atoms with Gasteiger partial charge in [0.05, 0.1) is 17.7 Å². The van der Waals surface area contributed by atoms with Crippen LogP contribution >= 0.6 is 0 Å². The maximum absolute atomic E-state index is 13.8. The van der Waals surface area contributed by atoms with Crippen LogP contribution in [-0.2, 0) is 13.0 Å². The molecule has 0 heterocycles. The minimum Gasteiger partial charge on any atom is -0.352 e. The van der Waals surface area contributed by atoms with Crippen molar-refractivity contribution in [2.45, 2.75) is 32.9 Å². The summed E-state index contributed by atoms with van der Waals surface area (Å²) in [6.07, 6.45) is 1.01. The quantitative estimate of drug-likeness (QED) is 0.646. The fourth-order valence-corrected chi connectivity index (χ4v) is 2.48. The number of nitrogens with one attached hydrogen (secondary N) is 2. The Morgan fingerprint density at radius 1 is 1.24 bits per heavy atom. The molecule has 0 bridgehead atoms. The van der Waals surface area contributed by atoms with Crippen LogP contribution in [0.1, 0.15) is 42.1 Å². The predicted octanol–water partition coefficient (Wildman–Crippen LogP) is 3.69. The molecule has 0 amide bonds. The summed E-state index contributed by atoms with van der Waals surface area (Å²) in [5.41, 5.74) is 3.32. The summed E-state index contributed by atoms with van der Waals surface area (Å²) in [6.45, 7) is 4.43. The van der Waals surface area contributed by atoms with Crippen molar-refractivity contribution in [2.24, 2.45) is 4.99 Å². The SMILES string of the molecule is CCc1ccc(C(C)NC(=NC)NCc2cc(C#N)ccc2F)cc1. The lowest BCUT2D eigenvalue weighted by Gasteiger charge is -2.19. The summed E-state index contributed by atoms with van der Waals surface area (Å²) in [6, 6.07) is 14.8. The number of hydrogen-bond acceptors (Lipinski definition) is 2. The third kappa shape index (κ3) is 5.05. The van der Waals surface area contributed by atoms with Gasteiger partial charge < -0.3 is 10.6 Å². The molecule has 4 nitrogen and oxygen atoms in total. The molecule has 0 aliphatic heterocycles. The smallest absolute Gasteiger partial charge is 0.191 e. The highest BCUT2D eigenvalue weighted by atomic mass is 19.1. The first kappa shape index (κ1) is 18.5. The molecule has 0 saturated carbocycles. The molecule has 0 aromatic heterocycles. The first-order valence-electron chi connectivity index (χ1n) is 8.32. The van der Waals surface area contributed by atoms with Gasteiger partial charge in [-0.3, -0.25) is 4.99 Å². The second-order valence-corrected chi connectivity index (χ2v) is 5.80. The number of aryl methyl sites for hydroxylation is 1. The number of nitriles is 1. The zero-order chi connectivity index (χ0) is 18.2. The predicted molar refractivity (Wildman–Crippen MR) is 98.7 cm³/mol. The first-order valence-corrected chi connectivity index (χ1v) is 8.32. The van der Waals surface area contributed by atoms with E-state index in [2.05, 4.69) is 46.8 Å². The lowest BCUT2D eigenvalue weighted by atomic mass is 10.1. The minimum absolute atomic E-state index is 0.0624. The van der Waals surface area contributed by atoms with E-state index in [0.717, 1.165) is 12.0 Å². The van der Waals surface area contributed by atoms with Crippen LogP contribution in [0.15, 0.2) is 47.5 Å². The lowest BCUT2D eigenvalue weighted by molar-refractivity contribution is 0.602. The second kappa shape index (κ2) is 8.84. The van der Waals surface area contributed by atoms with Gasteiger partial charge in [-0.15, -0.1) is 0 Å². The van der Waals surface area contributed by atoms with Crippen LogP contribution in [0.5, 0.6) is 0 Å². The minimum atomic E-state index is -0.342. The second-order valence-electron chi connectivity index (χ2n) is 5.80. The molecular formula is C20H23FN4. The van der Waals surface area contributed by atoms with Gasteiger partial charge in [0, 0.05) is 19.2 Å². The summed E-state index contributed by atoms with van der Waals surface area (Å²) < 4.78 is 13.8. The normalized spacial score (nSPS) is 12.4. The maximum atomic E-state index is 13.8. The number of guanidine groups is 1. The molecule has 0 saturated heterocycles. The van der Waals surface area contributed by atoms with E-state index < -0.39 is 0 Å². The highest BCUT2D eigenvalue weighted by Gasteiger charge is 2.09. The third-order valence-corrected chi connectivity index (χ3v) is 4.09. The van der Waals surface area contributed by atoms with Crippen molar-refractivity contribution >= 4 is 5.96 Å². The molecule has 2 aromatic rings. The van der Waals surface area contributed by atoms with Gasteiger partial charge in [-0.1, -0.05) is 31.2 Å². The van der Waals surface area contributed by atoms with Gasteiger partial charge in [0.1, 0.15) is 5.82 Å². The maximum Gasteiger partial charge on any atom is 0.191 e. The molecule has 0 spiro atoms. The highest BCUT2D eigenvalue weighted by molar-refractivity contribution is 5.80. The largest absolute Gasteiger partial charge is 0.352 e. The van der Waals surface area contributed by atoms with Crippen molar-refractivity contribution in [2.75, 3.05) is 7.05 Å². The zero-order valence-electron chi connectivity index (χ0n) is 14.8. The van der Waals surface area contributed by atoms with Crippen molar-refractivity contribution < 1.29 is 4.39 Å². The van der Waals surface area contributed by atoms with Crippen molar-refractivity contribution in [3.8, 4) is 6.07 Å². The summed E-state index contributed by atoms with van der Waals surface area (Å²) in [4.78, 5) is 4.18. The van der Waals surface area contributed by atoms with Gasteiger partial charge in [-0.2, -0.15) is 5.26 Å². The van der Waals surface area contributed by atoms with Crippen LogP contribution in [0.3, 0.4) is 0 Å². The van der Waals surface area contributed by atoms with Gasteiger partial charge in [0.2, 0.25) is 0 Å². The molecule has 25 heavy (non-hydrogen) atoms. The number of aliphatic imine (C=N–C) groups is 1. The lowest BCUT2D eigenvalue weighted by Crippen LogP contribution is -2.38. The Morgan fingerprint density at radius 2 is 1.96 bits per heavy atom. The molecule has 2 rings (SSSR count). The van der Waals surface area contributed by atoms with E-state index in [1.165, 1.54) is 17.7 Å². The molecule has 130 valence electrons. The van der Waals surface area contributed by atoms with E-state index in [9.17, 15) is 4.39 Å². The van der Waals surface area contributed by atoms with E-state index in [1.807, 2.05) is 13.0 Å². The van der Waals surface area contributed by atoms with Crippen molar-refractivity contribution in [3.63, 3.8) is 0 Å². The fourth-order valence-electron chi connectivity index (χ4n) is 2.48. The Hall–Kier alpha value is -2.87. The monoisotopic (exact) mass is 338 g/mol. The van der Waals surface area contributed by atoms with Crippen LogP contribution in [0.2, 0.25) is 0 Å². The average molecular weight is 338 g/mol. The van der Waals surface area contributed by atoms with Crippen molar-refractivity contribution in [1.29, 1.82) is 5.26 Å². The van der Waals surface area contributed by atoms with Crippen molar-refractivity contribution in [1.82, 2.24) is 10.6 Å². The standard InChI is InChI=1S/C20H23FN4/c1-4-15-5-8-17(9-6-15)14(2)25-20(23-3)24-13-18-11-16(12-22)7-10-19(18)21/h5-11,14H,4,13H2,1-3H3,(H2,23,24,25). The summed E-state index contributed by atoms with van der Waals surface area (Å²) in [7, 11) is 1.67. The van der Waals surface area contributed by atoms with Crippen LogP contribution < -0.4 is 10.6 Å². The fraction of sp³-hybridized carbons (Fsp3) is 0.300. The summed E-state index contributed by atoms with van der Waals surface area (Å²) in [5.74, 6) is 0.235. The average Bonchev–Trinajstić information content (AvgIpc) is 2.66. The van der Waals surface area contributed by atoms with Gasteiger partial charge in [-0.05, 0) is 42.7 Å². The van der Waals surface area contributed by atoms with Gasteiger partial charge >= 0.3 is 0 Å². The van der Waals surface area contributed by atoms with E-state index in [1.54, 1.807) is 13.1 Å². The summed E-state index contributed by atoms with van der Waals surface area (Å²) >= 11 is 0. The Kier molecular flexibility index (Phi) is 6.53. The zero-order valence-corrected chi connectivity index (χ0v) is 14.8. The third-order valence-electron chi connectivity index (χ3n) is 4.09. The Bertz CT molecular complexity index is 775. The molecule has 2 N–H and O–H groups in total. The number of halogens is 1. The molecule has 0 fully saturated rings.